The largest absolute Gasteiger partial charge is 0.338 e. The predicted octanol–water partition coefficient (Wildman–Crippen LogP) is 1.54. The highest BCUT2D eigenvalue weighted by molar-refractivity contribution is 8.14. The Hall–Kier alpha value is -0.490. The Balaban J connectivity index is 2.42. The molecule has 96 valence electrons. The summed E-state index contributed by atoms with van der Waals surface area (Å²) < 4.78 is 0. The number of rotatable bonds is 4. The minimum Gasteiger partial charge on any atom is -0.338 e. The summed E-state index contributed by atoms with van der Waals surface area (Å²) in [6.07, 6.45) is 1.94. The standard InChI is InChI=1S/C11H17NO3S2/c1-8(13)16-6-10-4-3-5-12(10)11(15)7-17-9(2)14/h10H,3-7H2,1-2H3/t10-/m0/s1. The molecule has 0 unspecified atom stereocenters. The zero-order valence-electron chi connectivity index (χ0n) is 10.1. The van der Waals surface area contributed by atoms with E-state index in [2.05, 4.69) is 0 Å². The first-order valence-electron chi connectivity index (χ1n) is 5.57. The van der Waals surface area contributed by atoms with E-state index in [0.29, 0.717) is 5.75 Å². The SMILES string of the molecule is CC(=O)SCC(=O)N1CCC[C@H]1CSC(C)=O. The Morgan fingerprint density at radius 2 is 1.82 bits per heavy atom. The Bertz CT molecular complexity index is 320. The van der Waals surface area contributed by atoms with Crippen molar-refractivity contribution in [1.29, 1.82) is 0 Å². The lowest BCUT2D eigenvalue weighted by Gasteiger charge is -2.23. The number of carbonyl (C=O) groups excluding carboxylic acids is 3. The molecular weight excluding hydrogens is 258 g/mol. The van der Waals surface area contributed by atoms with Crippen LogP contribution in [0.4, 0.5) is 0 Å². The van der Waals surface area contributed by atoms with Gasteiger partial charge in [0, 0.05) is 32.2 Å². The molecule has 0 radical (unpaired) electrons. The number of hydrogen-bond donors (Lipinski definition) is 0. The lowest BCUT2D eigenvalue weighted by Crippen LogP contribution is -2.38. The normalized spacial score (nSPS) is 19.4. The van der Waals surface area contributed by atoms with Gasteiger partial charge in [0.1, 0.15) is 0 Å². The maximum Gasteiger partial charge on any atom is 0.233 e. The number of carbonyl (C=O) groups is 3. The fourth-order valence-corrected chi connectivity index (χ4v) is 3.06. The number of amides is 1. The molecule has 1 atom stereocenters. The average Bonchev–Trinajstić information content (AvgIpc) is 2.71. The molecule has 6 heteroatoms. The second-order valence-electron chi connectivity index (χ2n) is 3.97. The molecule has 0 spiro atoms. The summed E-state index contributed by atoms with van der Waals surface area (Å²) in [6, 6.07) is 0.156. The van der Waals surface area contributed by atoms with E-state index in [-0.39, 0.29) is 27.9 Å². The minimum absolute atomic E-state index is 0.0110. The molecule has 0 aromatic carbocycles. The van der Waals surface area contributed by atoms with E-state index in [1.54, 1.807) is 0 Å². The fourth-order valence-electron chi connectivity index (χ4n) is 1.80. The van der Waals surface area contributed by atoms with Gasteiger partial charge in [-0.25, -0.2) is 0 Å². The van der Waals surface area contributed by atoms with Crippen molar-refractivity contribution in [1.82, 2.24) is 4.90 Å². The number of hydrogen-bond acceptors (Lipinski definition) is 5. The molecule has 1 aliphatic rings. The maximum atomic E-state index is 11.9. The van der Waals surface area contributed by atoms with Gasteiger partial charge in [-0.2, -0.15) is 0 Å². The summed E-state index contributed by atoms with van der Waals surface area (Å²) in [6.45, 7) is 3.75. The molecule has 1 heterocycles. The molecule has 0 aliphatic carbocycles. The van der Waals surface area contributed by atoms with Crippen molar-refractivity contribution in [2.45, 2.75) is 32.7 Å². The van der Waals surface area contributed by atoms with Crippen molar-refractivity contribution in [3.8, 4) is 0 Å². The zero-order chi connectivity index (χ0) is 12.8. The van der Waals surface area contributed by atoms with Crippen LogP contribution in [0, 0.1) is 0 Å². The van der Waals surface area contributed by atoms with Gasteiger partial charge >= 0.3 is 0 Å². The van der Waals surface area contributed by atoms with E-state index >= 15 is 0 Å². The second kappa shape index (κ2) is 7.06. The molecular formula is C11H17NO3S2. The van der Waals surface area contributed by atoms with Crippen LogP contribution in [0.25, 0.3) is 0 Å². The number of thioether (sulfide) groups is 2. The van der Waals surface area contributed by atoms with E-state index in [1.165, 1.54) is 25.6 Å². The van der Waals surface area contributed by atoms with E-state index in [4.69, 9.17) is 0 Å². The highest BCUT2D eigenvalue weighted by atomic mass is 32.2. The van der Waals surface area contributed by atoms with Crippen molar-refractivity contribution >= 4 is 39.7 Å². The first kappa shape index (κ1) is 14.6. The second-order valence-corrected chi connectivity index (χ2v) is 6.32. The van der Waals surface area contributed by atoms with Crippen LogP contribution in [0.1, 0.15) is 26.7 Å². The van der Waals surface area contributed by atoms with Crippen LogP contribution in [0.3, 0.4) is 0 Å². The molecule has 0 bridgehead atoms. The molecule has 4 nitrogen and oxygen atoms in total. The Labute approximate surface area is 110 Å². The Morgan fingerprint density at radius 3 is 2.41 bits per heavy atom. The number of nitrogens with zero attached hydrogens (tertiary/aromatic N) is 1. The molecule has 17 heavy (non-hydrogen) atoms. The highest BCUT2D eigenvalue weighted by Gasteiger charge is 2.28. The molecule has 0 aromatic heterocycles. The van der Waals surface area contributed by atoms with Crippen LogP contribution < -0.4 is 0 Å². The van der Waals surface area contributed by atoms with Gasteiger partial charge in [-0.05, 0) is 12.8 Å². The third-order valence-electron chi connectivity index (χ3n) is 2.58. The first-order valence-corrected chi connectivity index (χ1v) is 7.54. The summed E-state index contributed by atoms with van der Waals surface area (Å²) in [5.74, 6) is 0.902. The fraction of sp³-hybridized carbons (Fsp3) is 0.727. The van der Waals surface area contributed by atoms with Gasteiger partial charge in [0.2, 0.25) is 5.91 Å². The smallest absolute Gasteiger partial charge is 0.233 e. The van der Waals surface area contributed by atoms with Gasteiger partial charge in [0.05, 0.1) is 5.75 Å². The van der Waals surface area contributed by atoms with Crippen LogP contribution in [0.15, 0.2) is 0 Å². The zero-order valence-corrected chi connectivity index (χ0v) is 11.7. The lowest BCUT2D eigenvalue weighted by molar-refractivity contribution is -0.129. The van der Waals surface area contributed by atoms with Gasteiger partial charge < -0.3 is 4.90 Å². The van der Waals surface area contributed by atoms with E-state index in [1.807, 2.05) is 4.90 Å². The van der Waals surface area contributed by atoms with Gasteiger partial charge in [0.25, 0.3) is 0 Å². The predicted molar refractivity (Wildman–Crippen MR) is 71.0 cm³/mol. The first-order chi connectivity index (χ1) is 8.00. The monoisotopic (exact) mass is 275 g/mol. The quantitative estimate of drug-likeness (QED) is 0.779. The van der Waals surface area contributed by atoms with Crippen molar-refractivity contribution in [2.24, 2.45) is 0 Å². The van der Waals surface area contributed by atoms with Crippen LogP contribution in [0.5, 0.6) is 0 Å². The minimum atomic E-state index is -0.0350. The van der Waals surface area contributed by atoms with Crippen LogP contribution in [0.2, 0.25) is 0 Å². The summed E-state index contributed by atoms with van der Waals surface area (Å²) in [5, 5.41) is 0.0506. The van der Waals surface area contributed by atoms with Crippen LogP contribution in [-0.2, 0) is 14.4 Å². The summed E-state index contributed by atoms with van der Waals surface area (Å²) >= 11 is 2.32. The topological polar surface area (TPSA) is 54.5 Å². The van der Waals surface area contributed by atoms with Crippen LogP contribution >= 0.6 is 23.5 Å². The van der Waals surface area contributed by atoms with Gasteiger partial charge in [-0.1, -0.05) is 23.5 Å². The average molecular weight is 275 g/mol. The summed E-state index contributed by atoms with van der Waals surface area (Å²) in [5.41, 5.74) is 0. The van der Waals surface area contributed by atoms with Crippen molar-refractivity contribution in [3.63, 3.8) is 0 Å². The molecule has 1 aliphatic heterocycles. The molecule has 0 saturated carbocycles. The third kappa shape index (κ3) is 5.12. The van der Waals surface area contributed by atoms with Crippen molar-refractivity contribution in [2.75, 3.05) is 18.1 Å². The molecule has 1 rings (SSSR count). The Kier molecular flexibility index (Phi) is 6.05. The van der Waals surface area contributed by atoms with Gasteiger partial charge in [-0.15, -0.1) is 0 Å². The Morgan fingerprint density at radius 1 is 1.18 bits per heavy atom. The molecule has 0 aromatic rings. The van der Waals surface area contributed by atoms with Crippen LogP contribution in [-0.4, -0.2) is 45.1 Å². The van der Waals surface area contributed by atoms with Crippen molar-refractivity contribution in [3.05, 3.63) is 0 Å². The van der Waals surface area contributed by atoms with E-state index in [0.717, 1.165) is 31.1 Å². The molecule has 1 saturated heterocycles. The highest BCUT2D eigenvalue weighted by Crippen LogP contribution is 2.22. The molecule has 0 N–H and O–H groups in total. The summed E-state index contributed by atoms with van der Waals surface area (Å²) in [4.78, 5) is 35.4. The third-order valence-corrected chi connectivity index (χ3v) is 4.33. The molecule has 1 fully saturated rings. The van der Waals surface area contributed by atoms with Gasteiger partial charge in [0.15, 0.2) is 10.2 Å². The maximum absolute atomic E-state index is 11.9. The van der Waals surface area contributed by atoms with E-state index < -0.39 is 0 Å². The van der Waals surface area contributed by atoms with E-state index in [9.17, 15) is 14.4 Å². The number of likely N-dealkylation sites (tertiary alicyclic amines) is 1. The lowest BCUT2D eigenvalue weighted by atomic mass is 10.2. The van der Waals surface area contributed by atoms with Crippen molar-refractivity contribution < 1.29 is 14.4 Å². The summed E-state index contributed by atoms with van der Waals surface area (Å²) in [7, 11) is 0. The van der Waals surface area contributed by atoms with Gasteiger partial charge in [-0.3, -0.25) is 14.4 Å². The molecule has 1 amide bonds.